The molecule has 0 fully saturated rings. The van der Waals surface area contributed by atoms with Crippen LogP contribution in [0.2, 0.25) is 0 Å². The van der Waals surface area contributed by atoms with Crippen molar-refractivity contribution < 1.29 is 17.6 Å². The highest BCUT2D eigenvalue weighted by Gasteiger charge is 2.12. The topological polar surface area (TPSA) is 0 Å². The largest absolute Gasteiger partial charge is 0.207 e. The Labute approximate surface area is 115 Å². The second kappa shape index (κ2) is 5.65. The maximum absolute atomic E-state index is 13.6. The molecule has 0 spiro atoms. The highest BCUT2D eigenvalue weighted by molar-refractivity contribution is 5.29. The second-order valence-electron chi connectivity index (χ2n) is 4.89. The van der Waals surface area contributed by atoms with Crippen molar-refractivity contribution >= 4 is 0 Å². The number of aryl methyl sites for hydroxylation is 2. The van der Waals surface area contributed by atoms with E-state index >= 15 is 0 Å². The minimum atomic E-state index is -0.648. The molecule has 0 bridgehead atoms. The molecule has 0 aliphatic carbocycles. The summed E-state index contributed by atoms with van der Waals surface area (Å²) < 4.78 is 54.1. The molecule has 0 aliphatic heterocycles. The summed E-state index contributed by atoms with van der Waals surface area (Å²) in [5.74, 6) is -2.55. The Morgan fingerprint density at radius 3 is 1.70 bits per heavy atom. The number of benzene rings is 2. The fraction of sp³-hybridized carbons (Fsp3) is 0.250. The average Bonchev–Trinajstić information content (AvgIpc) is 2.34. The van der Waals surface area contributed by atoms with E-state index in [2.05, 4.69) is 0 Å². The van der Waals surface area contributed by atoms with Crippen LogP contribution in [0.1, 0.15) is 22.3 Å². The lowest BCUT2D eigenvalue weighted by molar-refractivity contribution is 0.550. The molecule has 0 atom stereocenters. The van der Waals surface area contributed by atoms with Crippen molar-refractivity contribution in [1.82, 2.24) is 0 Å². The third-order valence-corrected chi connectivity index (χ3v) is 3.29. The van der Waals surface area contributed by atoms with E-state index < -0.39 is 23.3 Å². The molecule has 4 heteroatoms. The number of hydrogen-bond donors (Lipinski definition) is 0. The van der Waals surface area contributed by atoms with Crippen molar-refractivity contribution in [3.05, 3.63) is 69.8 Å². The first-order valence-corrected chi connectivity index (χ1v) is 6.27. The first-order chi connectivity index (χ1) is 9.38. The van der Waals surface area contributed by atoms with Crippen molar-refractivity contribution in [2.45, 2.75) is 26.7 Å². The van der Waals surface area contributed by atoms with Crippen LogP contribution >= 0.6 is 0 Å². The van der Waals surface area contributed by atoms with Crippen LogP contribution in [0.5, 0.6) is 0 Å². The molecule has 2 aromatic carbocycles. The molecule has 0 saturated carbocycles. The Bertz CT molecular complexity index is 601. The molecule has 2 aromatic rings. The minimum absolute atomic E-state index is 0.0542. The van der Waals surface area contributed by atoms with Crippen molar-refractivity contribution in [2.75, 3.05) is 0 Å². The van der Waals surface area contributed by atoms with E-state index in [4.69, 9.17) is 0 Å². The first-order valence-electron chi connectivity index (χ1n) is 6.27. The number of hydrogen-bond acceptors (Lipinski definition) is 0. The monoisotopic (exact) mass is 282 g/mol. The molecule has 0 radical (unpaired) electrons. The van der Waals surface area contributed by atoms with Crippen LogP contribution in [0, 0.1) is 37.1 Å². The van der Waals surface area contributed by atoms with Crippen LogP contribution in [-0.2, 0) is 12.8 Å². The van der Waals surface area contributed by atoms with Crippen molar-refractivity contribution in [1.29, 1.82) is 0 Å². The summed E-state index contributed by atoms with van der Waals surface area (Å²) in [7, 11) is 0. The molecule has 106 valence electrons. The van der Waals surface area contributed by atoms with Gasteiger partial charge in [0.25, 0.3) is 0 Å². The smallest absolute Gasteiger partial charge is 0.129 e. The molecule has 0 saturated heterocycles. The lowest BCUT2D eigenvalue weighted by Gasteiger charge is -2.08. The van der Waals surface area contributed by atoms with E-state index in [1.807, 2.05) is 0 Å². The van der Waals surface area contributed by atoms with Gasteiger partial charge < -0.3 is 0 Å². The molecule has 2 rings (SSSR count). The fourth-order valence-electron chi connectivity index (χ4n) is 2.08. The molecule has 0 aliphatic rings. The Hall–Kier alpha value is -1.84. The summed E-state index contributed by atoms with van der Waals surface area (Å²) in [6, 6.07) is 4.88. The minimum Gasteiger partial charge on any atom is -0.207 e. The predicted octanol–water partition coefficient (Wildman–Crippen LogP) is 4.65. The van der Waals surface area contributed by atoms with Crippen molar-refractivity contribution in [3.8, 4) is 0 Å². The van der Waals surface area contributed by atoms with E-state index in [0.29, 0.717) is 11.1 Å². The summed E-state index contributed by atoms with van der Waals surface area (Å²) in [4.78, 5) is 0. The van der Waals surface area contributed by atoms with Crippen molar-refractivity contribution in [3.63, 3.8) is 0 Å². The van der Waals surface area contributed by atoms with Crippen LogP contribution < -0.4 is 0 Å². The Balaban J connectivity index is 2.21. The molecule has 0 unspecified atom stereocenters. The fourth-order valence-corrected chi connectivity index (χ4v) is 2.08. The van der Waals surface area contributed by atoms with E-state index in [1.54, 1.807) is 6.92 Å². The van der Waals surface area contributed by atoms with Crippen LogP contribution in [0.15, 0.2) is 24.3 Å². The molecular weight excluding hydrogens is 268 g/mol. The van der Waals surface area contributed by atoms with Crippen LogP contribution in [0.4, 0.5) is 17.6 Å². The van der Waals surface area contributed by atoms with Gasteiger partial charge in [-0.2, -0.15) is 0 Å². The third-order valence-electron chi connectivity index (χ3n) is 3.29. The van der Waals surface area contributed by atoms with Gasteiger partial charge >= 0.3 is 0 Å². The average molecular weight is 282 g/mol. The zero-order valence-electron chi connectivity index (χ0n) is 11.2. The summed E-state index contributed by atoms with van der Waals surface area (Å²) in [6.07, 6.45) is 0.227. The van der Waals surface area contributed by atoms with Gasteiger partial charge in [-0.05, 0) is 62.1 Å². The van der Waals surface area contributed by atoms with Crippen LogP contribution in [0.25, 0.3) is 0 Å². The summed E-state index contributed by atoms with van der Waals surface area (Å²) >= 11 is 0. The molecule has 0 N–H and O–H groups in total. The third kappa shape index (κ3) is 3.00. The zero-order valence-corrected chi connectivity index (χ0v) is 11.2. The van der Waals surface area contributed by atoms with Crippen LogP contribution in [0.3, 0.4) is 0 Å². The molecule has 0 aromatic heterocycles. The summed E-state index contributed by atoms with van der Waals surface area (Å²) in [5, 5.41) is 0. The standard InChI is InChI=1S/C16H14F4/c1-9-5-15(19)12(16(20)6-9)4-3-11-7-13(17)10(2)14(18)8-11/h5-8H,3-4H2,1-2H3. The summed E-state index contributed by atoms with van der Waals surface area (Å²) in [5.41, 5.74) is 0.764. The van der Waals surface area contributed by atoms with Gasteiger partial charge in [0.15, 0.2) is 0 Å². The van der Waals surface area contributed by atoms with Gasteiger partial charge in [0.1, 0.15) is 23.3 Å². The van der Waals surface area contributed by atoms with E-state index in [0.717, 1.165) is 0 Å². The highest BCUT2D eigenvalue weighted by Crippen LogP contribution is 2.19. The molecule has 0 nitrogen and oxygen atoms in total. The van der Waals surface area contributed by atoms with Gasteiger partial charge in [0.2, 0.25) is 0 Å². The number of rotatable bonds is 3. The molecule has 20 heavy (non-hydrogen) atoms. The van der Waals surface area contributed by atoms with Crippen LogP contribution in [-0.4, -0.2) is 0 Å². The number of halogens is 4. The van der Waals surface area contributed by atoms with Gasteiger partial charge in [-0.25, -0.2) is 17.6 Å². The maximum Gasteiger partial charge on any atom is 0.129 e. The highest BCUT2D eigenvalue weighted by atomic mass is 19.1. The van der Waals surface area contributed by atoms with Gasteiger partial charge in [-0.15, -0.1) is 0 Å². The lowest BCUT2D eigenvalue weighted by atomic mass is 10.0. The summed E-state index contributed by atoms with van der Waals surface area (Å²) in [6.45, 7) is 2.94. The molecule has 0 amide bonds. The van der Waals surface area contributed by atoms with Gasteiger partial charge in [0.05, 0.1) is 0 Å². The Morgan fingerprint density at radius 2 is 1.20 bits per heavy atom. The molecule has 0 heterocycles. The zero-order chi connectivity index (χ0) is 14.9. The Morgan fingerprint density at radius 1 is 0.700 bits per heavy atom. The lowest BCUT2D eigenvalue weighted by Crippen LogP contribution is -2.01. The van der Waals surface area contributed by atoms with E-state index in [-0.39, 0.29) is 24.0 Å². The first kappa shape index (κ1) is 14.6. The van der Waals surface area contributed by atoms with E-state index in [9.17, 15) is 17.6 Å². The van der Waals surface area contributed by atoms with Crippen molar-refractivity contribution in [2.24, 2.45) is 0 Å². The van der Waals surface area contributed by atoms with Gasteiger partial charge in [-0.3, -0.25) is 0 Å². The quantitative estimate of drug-likeness (QED) is 0.719. The van der Waals surface area contributed by atoms with E-state index in [1.165, 1.54) is 31.2 Å². The SMILES string of the molecule is Cc1cc(F)c(CCc2cc(F)c(C)c(F)c2)c(F)c1. The van der Waals surface area contributed by atoms with Gasteiger partial charge in [-0.1, -0.05) is 0 Å². The normalized spacial score (nSPS) is 10.9. The second-order valence-corrected chi connectivity index (χ2v) is 4.89. The predicted molar refractivity (Wildman–Crippen MR) is 69.6 cm³/mol. The maximum atomic E-state index is 13.6. The van der Waals surface area contributed by atoms with Gasteiger partial charge in [0, 0.05) is 11.1 Å². The Kier molecular flexibility index (Phi) is 4.12. The molecular formula is C16H14F4.